The first kappa shape index (κ1) is 22.8. The molecule has 3 amide bonds. The Hall–Kier alpha value is -2.99. The van der Waals surface area contributed by atoms with Crippen LogP contribution < -0.4 is 10.1 Å². The maximum atomic E-state index is 13.4. The van der Waals surface area contributed by atoms with Gasteiger partial charge in [-0.05, 0) is 62.3 Å². The number of carbonyl (C=O) groups is 3. The fraction of sp³-hybridized carbons (Fsp3) is 0.600. The lowest BCUT2D eigenvalue weighted by atomic mass is 9.80. The number of carbonyl (C=O) groups excluding carboxylic acids is 3. The number of amides is 3. The minimum absolute atomic E-state index is 0.00125. The van der Waals surface area contributed by atoms with E-state index in [9.17, 15) is 24.0 Å². The second-order valence-corrected chi connectivity index (χ2v) is 9.94. The monoisotopic (exact) mass is 468 g/mol. The second kappa shape index (κ2) is 8.99. The highest BCUT2D eigenvalue weighted by Gasteiger charge is 2.42. The molecule has 1 aromatic carbocycles. The van der Waals surface area contributed by atoms with E-state index < -0.39 is 24.0 Å². The SMILES string of the molecule is N#CC1(CF)CCN([C@H]2CCC[C@H]2Oc2ccc3c(c2)CN(C2CCC(=O)NC2=O)C3=O)CC1. The van der Waals surface area contributed by atoms with Crippen LogP contribution in [0, 0.1) is 16.7 Å². The van der Waals surface area contributed by atoms with Crippen molar-refractivity contribution in [1.29, 1.82) is 5.26 Å². The summed E-state index contributed by atoms with van der Waals surface area (Å²) < 4.78 is 19.8. The first-order chi connectivity index (χ1) is 16.4. The summed E-state index contributed by atoms with van der Waals surface area (Å²) in [7, 11) is 0. The number of hydrogen-bond acceptors (Lipinski definition) is 6. The summed E-state index contributed by atoms with van der Waals surface area (Å²) in [5.74, 6) is -0.223. The molecule has 0 bridgehead atoms. The third kappa shape index (κ3) is 4.05. The lowest BCUT2D eigenvalue weighted by Gasteiger charge is -2.40. The van der Waals surface area contributed by atoms with Gasteiger partial charge in [0.05, 0.1) is 11.5 Å². The number of imide groups is 1. The molecule has 1 aliphatic carbocycles. The van der Waals surface area contributed by atoms with Gasteiger partial charge < -0.3 is 9.64 Å². The Morgan fingerprint density at radius 1 is 1.18 bits per heavy atom. The van der Waals surface area contributed by atoms with Gasteiger partial charge in [-0.15, -0.1) is 0 Å². The second-order valence-electron chi connectivity index (χ2n) is 9.94. The van der Waals surface area contributed by atoms with E-state index in [4.69, 9.17) is 4.74 Å². The summed E-state index contributed by atoms with van der Waals surface area (Å²) in [5, 5.41) is 11.7. The van der Waals surface area contributed by atoms with Gasteiger partial charge in [0, 0.05) is 37.7 Å². The summed E-state index contributed by atoms with van der Waals surface area (Å²) in [6.07, 6.45) is 4.62. The Labute approximate surface area is 198 Å². The normalized spacial score (nSPS) is 29.0. The van der Waals surface area contributed by atoms with Gasteiger partial charge in [-0.1, -0.05) is 0 Å². The van der Waals surface area contributed by atoms with E-state index in [1.54, 1.807) is 12.1 Å². The molecule has 2 saturated heterocycles. The van der Waals surface area contributed by atoms with E-state index >= 15 is 0 Å². The molecule has 0 aromatic heterocycles. The fourth-order valence-corrected chi connectivity index (χ4v) is 5.82. The van der Waals surface area contributed by atoms with Gasteiger partial charge in [-0.2, -0.15) is 5.26 Å². The first-order valence-electron chi connectivity index (χ1n) is 12.1. The zero-order valence-corrected chi connectivity index (χ0v) is 19.1. The number of fused-ring (bicyclic) bond motifs is 1. The molecule has 9 heteroatoms. The number of nitrogens with one attached hydrogen (secondary N) is 1. The molecule has 180 valence electrons. The van der Waals surface area contributed by atoms with Crippen LogP contribution in [0.4, 0.5) is 4.39 Å². The maximum Gasteiger partial charge on any atom is 0.255 e. The van der Waals surface area contributed by atoms with Crippen LogP contribution in [-0.2, 0) is 16.1 Å². The van der Waals surface area contributed by atoms with E-state index in [0.717, 1.165) is 24.8 Å². The zero-order chi connectivity index (χ0) is 23.9. The molecule has 3 heterocycles. The van der Waals surface area contributed by atoms with Crippen LogP contribution in [0.3, 0.4) is 0 Å². The Bertz CT molecular complexity index is 1050. The molecule has 3 fully saturated rings. The molecule has 8 nitrogen and oxygen atoms in total. The van der Waals surface area contributed by atoms with Gasteiger partial charge in [0.15, 0.2) is 0 Å². The quantitative estimate of drug-likeness (QED) is 0.666. The molecule has 1 aromatic rings. The van der Waals surface area contributed by atoms with Gasteiger partial charge in [0.2, 0.25) is 11.8 Å². The van der Waals surface area contributed by atoms with Crippen LogP contribution in [0.5, 0.6) is 5.75 Å². The number of benzene rings is 1. The molecule has 0 radical (unpaired) electrons. The average Bonchev–Trinajstić information content (AvgIpc) is 3.43. The molecule has 1 unspecified atom stereocenters. The number of rotatable bonds is 5. The number of likely N-dealkylation sites (tertiary alicyclic amines) is 1. The van der Waals surface area contributed by atoms with Crippen molar-refractivity contribution in [2.45, 2.75) is 69.7 Å². The summed E-state index contributed by atoms with van der Waals surface area (Å²) >= 11 is 0. The van der Waals surface area contributed by atoms with Crippen LogP contribution in [-0.4, -0.2) is 65.5 Å². The Morgan fingerprint density at radius 2 is 1.97 bits per heavy atom. The number of hydrogen-bond donors (Lipinski definition) is 1. The molecule has 0 spiro atoms. The smallest absolute Gasteiger partial charge is 0.255 e. The standard InChI is InChI=1S/C25H29FN4O4/c26-14-25(15-27)8-10-29(11-9-25)19-2-1-3-21(19)34-17-4-5-18-16(12-17)13-30(24(18)33)20-6-7-22(31)28-23(20)32/h4-5,12,19-21H,1-3,6-11,13-14H2,(H,28,31,32)/t19-,20?,21+/m0/s1. The summed E-state index contributed by atoms with van der Waals surface area (Å²) in [4.78, 5) is 40.5. The van der Waals surface area contributed by atoms with Gasteiger partial charge in [-0.25, -0.2) is 4.39 Å². The zero-order valence-electron chi connectivity index (χ0n) is 19.1. The highest BCUT2D eigenvalue weighted by Crippen LogP contribution is 2.37. The number of ether oxygens (including phenoxy) is 1. The van der Waals surface area contributed by atoms with Crippen LogP contribution in [0.1, 0.15) is 60.9 Å². The number of piperidine rings is 2. The Balaban J connectivity index is 1.25. The van der Waals surface area contributed by atoms with Crippen molar-refractivity contribution >= 4 is 17.7 Å². The van der Waals surface area contributed by atoms with Crippen molar-refractivity contribution in [3.63, 3.8) is 0 Å². The van der Waals surface area contributed by atoms with Crippen LogP contribution in [0.15, 0.2) is 18.2 Å². The minimum atomic E-state index is -0.841. The van der Waals surface area contributed by atoms with Crippen molar-refractivity contribution in [2.75, 3.05) is 19.8 Å². The molecular formula is C25H29FN4O4. The maximum absolute atomic E-state index is 13.4. The van der Waals surface area contributed by atoms with Crippen molar-refractivity contribution in [1.82, 2.24) is 15.1 Å². The average molecular weight is 469 g/mol. The Kier molecular flexibility index (Phi) is 6.02. The predicted octanol–water partition coefficient (Wildman–Crippen LogP) is 2.32. The lowest BCUT2D eigenvalue weighted by molar-refractivity contribution is -0.136. The molecular weight excluding hydrogens is 439 g/mol. The van der Waals surface area contributed by atoms with Crippen molar-refractivity contribution in [2.24, 2.45) is 5.41 Å². The van der Waals surface area contributed by atoms with Crippen molar-refractivity contribution in [3.05, 3.63) is 29.3 Å². The van der Waals surface area contributed by atoms with E-state index in [-0.39, 0.29) is 30.4 Å². The number of alkyl halides is 1. The summed E-state index contributed by atoms with van der Waals surface area (Å²) in [5.41, 5.74) is 0.545. The molecule has 3 aliphatic heterocycles. The molecule has 4 aliphatic rings. The number of nitrogens with zero attached hydrogens (tertiary/aromatic N) is 3. The molecule has 3 atom stereocenters. The predicted molar refractivity (Wildman–Crippen MR) is 119 cm³/mol. The van der Waals surface area contributed by atoms with Crippen LogP contribution in [0.25, 0.3) is 0 Å². The molecule has 5 rings (SSSR count). The third-order valence-electron chi connectivity index (χ3n) is 7.92. The van der Waals surface area contributed by atoms with Gasteiger partial charge >= 0.3 is 0 Å². The van der Waals surface area contributed by atoms with Gasteiger partial charge in [0.1, 0.15) is 24.6 Å². The molecule has 1 saturated carbocycles. The summed E-state index contributed by atoms with van der Waals surface area (Å²) in [6, 6.07) is 7.22. The van der Waals surface area contributed by atoms with Gasteiger partial charge in [0.25, 0.3) is 5.91 Å². The number of nitriles is 1. The largest absolute Gasteiger partial charge is 0.489 e. The van der Waals surface area contributed by atoms with Crippen molar-refractivity contribution in [3.8, 4) is 11.8 Å². The van der Waals surface area contributed by atoms with Gasteiger partial charge in [-0.3, -0.25) is 24.6 Å². The Morgan fingerprint density at radius 3 is 2.68 bits per heavy atom. The van der Waals surface area contributed by atoms with Crippen LogP contribution in [0.2, 0.25) is 0 Å². The molecule has 1 N–H and O–H groups in total. The van der Waals surface area contributed by atoms with E-state index in [2.05, 4.69) is 16.3 Å². The van der Waals surface area contributed by atoms with Crippen LogP contribution >= 0.6 is 0 Å². The lowest BCUT2D eigenvalue weighted by Crippen LogP contribution is -2.52. The van der Waals surface area contributed by atoms with E-state index in [1.807, 2.05) is 6.07 Å². The highest BCUT2D eigenvalue weighted by molar-refractivity contribution is 6.05. The first-order valence-corrected chi connectivity index (χ1v) is 12.1. The minimum Gasteiger partial charge on any atom is -0.489 e. The molecule has 34 heavy (non-hydrogen) atoms. The third-order valence-corrected chi connectivity index (χ3v) is 7.92. The fourth-order valence-electron chi connectivity index (χ4n) is 5.82. The number of halogens is 1. The van der Waals surface area contributed by atoms with Crippen molar-refractivity contribution < 1.29 is 23.5 Å². The van der Waals surface area contributed by atoms with E-state index in [1.165, 1.54) is 4.90 Å². The highest BCUT2D eigenvalue weighted by atomic mass is 19.1. The van der Waals surface area contributed by atoms with E-state index in [0.29, 0.717) is 50.2 Å². The summed E-state index contributed by atoms with van der Waals surface area (Å²) in [6.45, 7) is 1.12. The topological polar surface area (TPSA) is 103 Å².